The van der Waals surface area contributed by atoms with Crippen molar-refractivity contribution in [3.05, 3.63) is 47.2 Å². The molecule has 2 heterocycles. The molecule has 0 spiro atoms. The fraction of sp³-hybridized carbons (Fsp3) is 0.353. The van der Waals surface area contributed by atoms with E-state index in [0.29, 0.717) is 35.6 Å². The lowest BCUT2D eigenvalue weighted by atomic mass is 10.1. The standard InChI is InChI=1S/C17H18ClNO3S/c1-2-13-11-21-10-9-19(13)17(20)15-7-8-16(22-15)23-14-5-3-12(18)4-6-14/h3-8,13H,2,9-11H2,1H3. The van der Waals surface area contributed by atoms with Gasteiger partial charge < -0.3 is 14.1 Å². The molecule has 1 atom stereocenters. The quantitative estimate of drug-likeness (QED) is 0.822. The van der Waals surface area contributed by atoms with Gasteiger partial charge in [0, 0.05) is 16.5 Å². The molecular formula is C17H18ClNO3S. The van der Waals surface area contributed by atoms with Gasteiger partial charge in [0.2, 0.25) is 0 Å². The summed E-state index contributed by atoms with van der Waals surface area (Å²) in [4.78, 5) is 15.5. The van der Waals surface area contributed by atoms with E-state index in [0.717, 1.165) is 11.3 Å². The molecule has 1 fully saturated rings. The Morgan fingerprint density at radius 1 is 1.30 bits per heavy atom. The van der Waals surface area contributed by atoms with E-state index in [2.05, 4.69) is 6.92 Å². The fourth-order valence-electron chi connectivity index (χ4n) is 2.51. The summed E-state index contributed by atoms with van der Waals surface area (Å²) in [5, 5.41) is 1.39. The van der Waals surface area contributed by atoms with E-state index in [1.54, 1.807) is 6.07 Å². The van der Waals surface area contributed by atoms with Crippen molar-refractivity contribution >= 4 is 29.3 Å². The number of carbonyl (C=O) groups is 1. The normalized spacial score (nSPS) is 18.2. The number of morpholine rings is 1. The number of amides is 1. The second kappa shape index (κ2) is 7.43. The van der Waals surface area contributed by atoms with E-state index < -0.39 is 0 Å². The molecule has 1 saturated heterocycles. The molecule has 1 unspecified atom stereocenters. The average molecular weight is 352 g/mol. The van der Waals surface area contributed by atoms with Crippen molar-refractivity contribution in [3.8, 4) is 0 Å². The monoisotopic (exact) mass is 351 g/mol. The van der Waals surface area contributed by atoms with Gasteiger partial charge in [-0.15, -0.1) is 0 Å². The van der Waals surface area contributed by atoms with Crippen LogP contribution >= 0.6 is 23.4 Å². The third kappa shape index (κ3) is 3.91. The third-order valence-corrected chi connectivity index (χ3v) is 4.96. The van der Waals surface area contributed by atoms with Crippen LogP contribution in [-0.2, 0) is 4.74 Å². The first-order valence-electron chi connectivity index (χ1n) is 7.59. The Hall–Kier alpha value is -1.43. The summed E-state index contributed by atoms with van der Waals surface area (Å²) in [6.45, 7) is 3.84. The van der Waals surface area contributed by atoms with Crippen LogP contribution in [0.15, 0.2) is 50.8 Å². The molecule has 1 aromatic carbocycles. The summed E-state index contributed by atoms with van der Waals surface area (Å²) in [5.74, 6) is 0.310. The summed E-state index contributed by atoms with van der Waals surface area (Å²) in [6.07, 6.45) is 0.874. The summed E-state index contributed by atoms with van der Waals surface area (Å²) in [5.41, 5.74) is 0. The topological polar surface area (TPSA) is 42.7 Å². The van der Waals surface area contributed by atoms with Gasteiger partial charge in [0.05, 0.1) is 19.3 Å². The van der Waals surface area contributed by atoms with E-state index in [1.807, 2.05) is 35.2 Å². The van der Waals surface area contributed by atoms with Gasteiger partial charge in [0.1, 0.15) is 0 Å². The first-order chi connectivity index (χ1) is 11.2. The second-order valence-corrected chi connectivity index (χ2v) is 6.82. The molecule has 0 saturated carbocycles. The third-order valence-electron chi connectivity index (χ3n) is 3.78. The van der Waals surface area contributed by atoms with Crippen LogP contribution in [0.2, 0.25) is 5.02 Å². The van der Waals surface area contributed by atoms with Gasteiger partial charge in [0.25, 0.3) is 5.91 Å². The summed E-state index contributed by atoms with van der Waals surface area (Å²) in [7, 11) is 0. The molecule has 1 aliphatic heterocycles. The van der Waals surface area contributed by atoms with E-state index in [4.69, 9.17) is 20.8 Å². The predicted molar refractivity (Wildman–Crippen MR) is 90.2 cm³/mol. The number of rotatable bonds is 4. The fourth-order valence-corrected chi connectivity index (χ4v) is 3.41. The predicted octanol–water partition coefficient (Wildman–Crippen LogP) is 4.34. The highest BCUT2D eigenvalue weighted by molar-refractivity contribution is 7.99. The van der Waals surface area contributed by atoms with Crippen LogP contribution in [0, 0.1) is 0 Å². The zero-order chi connectivity index (χ0) is 16.2. The largest absolute Gasteiger partial charge is 0.444 e. The molecule has 6 heteroatoms. The van der Waals surface area contributed by atoms with Crippen LogP contribution in [0.1, 0.15) is 23.9 Å². The lowest BCUT2D eigenvalue weighted by Gasteiger charge is -2.34. The Balaban J connectivity index is 1.70. The van der Waals surface area contributed by atoms with E-state index in [9.17, 15) is 4.79 Å². The van der Waals surface area contributed by atoms with E-state index >= 15 is 0 Å². The van der Waals surface area contributed by atoms with Crippen LogP contribution in [0.3, 0.4) is 0 Å². The number of nitrogens with zero attached hydrogens (tertiary/aromatic N) is 1. The zero-order valence-electron chi connectivity index (χ0n) is 12.8. The van der Waals surface area contributed by atoms with Crippen molar-refractivity contribution in [2.24, 2.45) is 0 Å². The van der Waals surface area contributed by atoms with Gasteiger partial charge in [-0.3, -0.25) is 4.79 Å². The van der Waals surface area contributed by atoms with Crippen molar-refractivity contribution < 1.29 is 13.9 Å². The highest BCUT2D eigenvalue weighted by atomic mass is 35.5. The molecule has 0 aliphatic carbocycles. The van der Waals surface area contributed by atoms with Crippen LogP contribution in [0.5, 0.6) is 0 Å². The summed E-state index contributed by atoms with van der Waals surface area (Å²) < 4.78 is 11.2. The minimum Gasteiger partial charge on any atom is -0.444 e. The van der Waals surface area contributed by atoms with Gasteiger partial charge in [-0.25, -0.2) is 0 Å². The summed E-state index contributed by atoms with van der Waals surface area (Å²) >= 11 is 7.35. The summed E-state index contributed by atoms with van der Waals surface area (Å²) in [6, 6.07) is 11.2. The maximum absolute atomic E-state index is 12.6. The van der Waals surface area contributed by atoms with E-state index in [1.165, 1.54) is 11.8 Å². The lowest BCUT2D eigenvalue weighted by Crippen LogP contribution is -2.48. The number of carbonyl (C=O) groups excluding carboxylic acids is 1. The van der Waals surface area contributed by atoms with E-state index in [-0.39, 0.29) is 11.9 Å². The van der Waals surface area contributed by atoms with Gasteiger partial charge in [-0.1, -0.05) is 30.3 Å². The Bertz CT molecular complexity index is 671. The van der Waals surface area contributed by atoms with Gasteiger partial charge >= 0.3 is 0 Å². The number of furan rings is 1. The number of ether oxygens (including phenoxy) is 1. The van der Waals surface area contributed by atoms with Crippen LogP contribution < -0.4 is 0 Å². The van der Waals surface area contributed by atoms with Gasteiger partial charge in [0.15, 0.2) is 10.9 Å². The van der Waals surface area contributed by atoms with Crippen molar-refractivity contribution in [2.45, 2.75) is 29.4 Å². The first kappa shape index (κ1) is 16.4. The number of hydrogen-bond donors (Lipinski definition) is 0. The highest BCUT2D eigenvalue weighted by Crippen LogP contribution is 2.30. The molecule has 1 aromatic heterocycles. The molecule has 1 aliphatic rings. The second-order valence-electron chi connectivity index (χ2n) is 5.31. The minimum absolute atomic E-state index is 0.0666. The van der Waals surface area contributed by atoms with Crippen molar-refractivity contribution in [1.82, 2.24) is 4.90 Å². The lowest BCUT2D eigenvalue weighted by molar-refractivity contribution is -0.00455. The van der Waals surface area contributed by atoms with Crippen LogP contribution in [0.4, 0.5) is 0 Å². The molecule has 4 nitrogen and oxygen atoms in total. The van der Waals surface area contributed by atoms with Gasteiger partial charge in [-0.05, 0) is 42.8 Å². The molecule has 23 heavy (non-hydrogen) atoms. The van der Waals surface area contributed by atoms with Crippen molar-refractivity contribution in [1.29, 1.82) is 0 Å². The smallest absolute Gasteiger partial charge is 0.290 e. The first-order valence-corrected chi connectivity index (χ1v) is 8.79. The van der Waals surface area contributed by atoms with Gasteiger partial charge in [-0.2, -0.15) is 0 Å². The highest BCUT2D eigenvalue weighted by Gasteiger charge is 2.28. The Labute approximate surface area is 144 Å². The molecular weight excluding hydrogens is 334 g/mol. The molecule has 122 valence electrons. The van der Waals surface area contributed by atoms with Crippen molar-refractivity contribution in [2.75, 3.05) is 19.8 Å². The van der Waals surface area contributed by atoms with Crippen molar-refractivity contribution in [3.63, 3.8) is 0 Å². The molecule has 3 rings (SSSR count). The number of halogens is 1. The molecule has 1 amide bonds. The van der Waals surface area contributed by atoms with Crippen LogP contribution in [0.25, 0.3) is 0 Å². The Morgan fingerprint density at radius 3 is 2.83 bits per heavy atom. The number of hydrogen-bond acceptors (Lipinski definition) is 4. The molecule has 2 aromatic rings. The number of benzene rings is 1. The minimum atomic E-state index is -0.0666. The molecule has 0 bridgehead atoms. The molecule has 0 radical (unpaired) electrons. The maximum atomic E-state index is 12.6. The maximum Gasteiger partial charge on any atom is 0.290 e. The Kier molecular flexibility index (Phi) is 5.30. The average Bonchev–Trinajstić information content (AvgIpc) is 3.05. The molecule has 0 N–H and O–H groups in total. The Morgan fingerprint density at radius 2 is 2.09 bits per heavy atom. The SMILES string of the molecule is CCC1COCCN1C(=O)c1ccc(Sc2ccc(Cl)cc2)o1. The zero-order valence-corrected chi connectivity index (χ0v) is 14.4. The van der Waals surface area contributed by atoms with Crippen LogP contribution in [-0.4, -0.2) is 36.6 Å².